The van der Waals surface area contributed by atoms with Crippen LogP contribution in [0.1, 0.15) is 31.2 Å². The molecule has 1 saturated carbocycles. The minimum atomic E-state index is -2.63. The predicted octanol–water partition coefficient (Wildman–Crippen LogP) is 4.54. The number of carbonyl (C=O) groups is 1. The molecule has 1 heterocycles. The Morgan fingerprint density at radius 2 is 2.08 bits per heavy atom. The molecule has 0 saturated heterocycles. The van der Waals surface area contributed by atoms with Gasteiger partial charge in [-0.1, -0.05) is 0 Å². The van der Waals surface area contributed by atoms with Crippen LogP contribution in [0.5, 0.6) is 0 Å². The zero-order chi connectivity index (χ0) is 18.0. The van der Waals surface area contributed by atoms with Gasteiger partial charge in [0.05, 0.1) is 0 Å². The molecule has 1 aliphatic carbocycles. The van der Waals surface area contributed by atoms with E-state index in [0.717, 1.165) is 16.8 Å². The first kappa shape index (κ1) is 18.7. The van der Waals surface area contributed by atoms with Crippen molar-refractivity contribution in [3.05, 3.63) is 47.4 Å². The number of hydrogen-bond acceptors (Lipinski definition) is 2. The van der Waals surface area contributed by atoms with Crippen LogP contribution in [0.2, 0.25) is 5.02 Å². The average molecular weight is 554 g/mol. The van der Waals surface area contributed by atoms with Gasteiger partial charge in [0.15, 0.2) is 0 Å². The Morgan fingerprint density at radius 1 is 1.36 bits per heavy atom. The standard InChI is InChI=1S/C18H17ClF2N2O.Tl/c19-15-3-1-2-14(16-10-22-11-23-16)13(15)4-5-17(24)12-6-8-18(20,21)9-7-12;/h1-5,10-12H,6-9H2,(H,22,23,24);/q;+1/p-1. The van der Waals surface area contributed by atoms with Gasteiger partial charge in [-0.15, -0.1) is 0 Å². The van der Waals surface area contributed by atoms with Crippen molar-refractivity contribution in [2.75, 3.05) is 0 Å². The van der Waals surface area contributed by atoms with Gasteiger partial charge >= 0.3 is 158 Å². The molecular weight excluding hydrogens is 538 g/mol. The Kier molecular flexibility index (Phi) is 5.72. The molecule has 1 aliphatic rings. The third kappa shape index (κ3) is 4.55. The van der Waals surface area contributed by atoms with Gasteiger partial charge in [0, 0.05) is 0 Å². The summed E-state index contributed by atoms with van der Waals surface area (Å²) < 4.78 is 28.5. The molecule has 0 aliphatic heterocycles. The normalized spacial score (nSPS) is 17.8. The summed E-state index contributed by atoms with van der Waals surface area (Å²) in [4.78, 5) is 16.7. The van der Waals surface area contributed by atoms with E-state index in [0.29, 0.717) is 31.1 Å². The maximum absolute atomic E-state index is 13.2. The van der Waals surface area contributed by atoms with Crippen molar-refractivity contribution in [3.8, 4) is 11.3 Å². The van der Waals surface area contributed by atoms with Gasteiger partial charge < -0.3 is 0 Å². The summed E-state index contributed by atoms with van der Waals surface area (Å²) in [6.07, 6.45) is 6.90. The van der Waals surface area contributed by atoms with E-state index < -0.39 is 5.92 Å². The fourth-order valence-electron chi connectivity index (χ4n) is 3.03. The average Bonchev–Trinajstić information content (AvgIpc) is 2.99. The summed E-state index contributed by atoms with van der Waals surface area (Å²) >= 11 is 6.93. The van der Waals surface area contributed by atoms with Gasteiger partial charge in [-0.05, 0) is 0 Å². The SMILES string of the molecule is O=C(/C=C/c1c(Cl)cccc1-c1c[n]([Tl])cn1)C1CCC(F)(F)CC1. The van der Waals surface area contributed by atoms with Crippen molar-refractivity contribution in [1.82, 2.24) is 7.36 Å². The van der Waals surface area contributed by atoms with E-state index in [2.05, 4.69) is 4.98 Å². The molecule has 0 spiro atoms. The number of alkyl halides is 2. The Morgan fingerprint density at radius 3 is 2.72 bits per heavy atom. The Hall–Kier alpha value is -1.09. The Balaban J connectivity index is 1.81. The van der Waals surface area contributed by atoms with Gasteiger partial charge in [0.2, 0.25) is 0 Å². The van der Waals surface area contributed by atoms with Crippen LogP contribution in [0.25, 0.3) is 17.3 Å². The number of rotatable bonds is 4. The molecular formula is C18H16ClF2N2OTl. The van der Waals surface area contributed by atoms with Crippen LogP contribution in [0.4, 0.5) is 8.78 Å². The Labute approximate surface area is 166 Å². The molecule has 7 heteroatoms. The maximum atomic E-state index is 13.2. The van der Waals surface area contributed by atoms with Crippen LogP contribution in [0, 0.1) is 5.92 Å². The molecule has 0 amide bonds. The summed E-state index contributed by atoms with van der Waals surface area (Å²) in [5.74, 6) is -3.07. The monoisotopic (exact) mass is 554 g/mol. The summed E-state index contributed by atoms with van der Waals surface area (Å²) in [5, 5.41) is 0.530. The quantitative estimate of drug-likeness (QED) is 0.411. The number of allylic oxidation sites excluding steroid dienone is 1. The first-order chi connectivity index (χ1) is 11.9. The van der Waals surface area contributed by atoms with Gasteiger partial charge in [-0.3, -0.25) is 0 Å². The minimum absolute atomic E-state index is 0.115. The van der Waals surface area contributed by atoms with E-state index in [4.69, 9.17) is 11.6 Å². The molecule has 3 nitrogen and oxygen atoms in total. The van der Waals surface area contributed by atoms with E-state index in [1.165, 1.54) is 6.08 Å². The van der Waals surface area contributed by atoms with Gasteiger partial charge in [0.25, 0.3) is 0 Å². The van der Waals surface area contributed by atoms with Crippen molar-refractivity contribution in [2.24, 2.45) is 5.92 Å². The van der Waals surface area contributed by atoms with Gasteiger partial charge in [-0.25, -0.2) is 8.78 Å². The second-order valence-corrected chi connectivity index (χ2v) is 9.00. The summed E-state index contributed by atoms with van der Waals surface area (Å²) in [5.41, 5.74) is 2.38. The third-order valence-corrected chi connectivity index (χ3v) is 5.89. The van der Waals surface area contributed by atoms with Crippen molar-refractivity contribution in [1.29, 1.82) is 0 Å². The fourth-order valence-corrected chi connectivity index (χ4v) is 4.08. The molecule has 1 aromatic heterocycles. The number of ketones is 1. The van der Waals surface area contributed by atoms with Crippen molar-refractivity contribution in [2.45, 2.75) is 31.6 Å². The van der Waals surface area contributed by atoms with Crippen molar-refractivity contribution < 1.29 is 13.6 Å². The van der Waals surface area contributed by atoms with Crippen LogP contribution in [0.15, 0.2) is 36.8 Å². The van der Waals surface area contributed by atoms with E-state index in [-0.39, 0.29) is 37.4 Å². The molecule has 1 aromatic carbocycles. The van der Waals surface area contributed by atoms with E-state index in [1.807, 2.05) is 20.7 Å². The van der Waals surface area contributed by atoms with Crippen molar-refractivity contribution >= 4 is 49.5 Å². The van der Waals surface area contributed by atoms with Crippen LogP contribution in [-0.2, 0) is 4.79 Å². The second-order valence-electron chi connectivity index (χ2n) is 6.27. The molecule has 0 N–H and O–H groups in total. The topological polar surface area (TPSA) is 34.9 Å². The molecule has 0 radical (unpaired) electrons. The van der Waals surface area contributed by atoms with E-state index >= 15 is 0 Å². The predicted molar refractivity (Wildman–Crippen MR) is 94.8 cm³/mol. The zero-order valence-corrected chi connectivity index (χ0v) is 18.7. The zero-order valence-electron chi connectivity index (χ0n) is 13.5. The summed E-state index contributed by atoms with van der Waals surface area (Å²) in [6, 6.07) is 5.51. The second kappa shape index (κ2) is 7.65. The molecule has 0 atom stereocenters. The number of aromatic nitrogens is 2. The molecule has 25 heavy (non-hydrogen) atoms. The Bertz CT molecular complexity index is 809. The number of benzene rings is 1. The summed E-state index contributed by atoms with van der Waals surface area (Å²) in [6.45, 7) is 0. The van der Waals surface area contributed by atoms with Crippen LogP contribution in [-0.4, -0.2) is 45.1 Å². The molecule has 3 rings (SSSR count). The van der Waals surface area contributed by atoms with E-state index in [9.17, 15) is 13.6 Å². The van der Waals surface area contributed by atoms with Crippen LogP contribution >= 0.6 is 11.6 Å². The molecule has 0 bridgehead atoms. The third-order valence-electron chi connectivity index (χ3n) is 4.46. The van der Waals surface area contributed by atoms with E-state index in [1.54, 1.807) is 18.5 Å². The first-order valence-corrected chi connectivity index (χ1v) is 10.4. The van der Waals surface area contributed by atoms with Gasteiger partial charge in [-0.2, -0.15) is 0 Å². The molecule has 128 valence electrons. The van der Waals surface area contributed by atoms with Crippen LogP contribution < -0.4 is 0 Å². The summed E-state index contributed by atoms with van der Waals surface area (Å²) in [7, 11) is 0. The van der Waals surface area contributed by atoms with Gasteiger partial charge in [0.1, 0.15) is 0 Å². The first-order valence-electron chi connectivity index (χ1n) is 8.03. The fraction of sp³-hybridized carbons (Fsp3) is 0.333. The van der Waals surface area contributed by atoms with Crippen molar-refractivity contribution in [3.63, 3.8) is 0 Å². The molecule has 1 fully saturated rings. The molecule has 2 aromatic rings. The number of imidazole rings is 1. The number of halogens is 3. The molecule has 0 unspecified atom stereocenters. The van der Waals surface area contributed by atoms with Crippen LogP contribution in [0.3, 0.4) is 0 Å². The number of hydrogen-bond donors (Lipinski definition) is 0. The number of nitrogens with zero attached hydrogens (tertiary/aromatic N) is 2. The number of carbonyl (C=O) groups excluding carboxylic acids is 1.